The molecule has 2 aromatic rings. The first-order chi connectivity index (χ1) is 18.6. The van der Waals surface area contributed by atoms with Gasteiger partial charge in [0.25, 0.3) is 10.9 Å². The van der Waals surface area contributed by atoms with Gasteiger partial charge in [0.15, 0.2) is 5.15 Å². The van der Waals surface area contributed by atoms with Gasteiger partial charge in [-0.2, -0.15) is 0 Å². The smallest absolute Gasteiger partial charge is 0.352 e. The molecule has 1 fully saturated rings. The number of carbonyl (C=O) groups excluding carboxylic acids is 4. The monoisotopic (exact) mass is 613 g/mol. The van der Waals surface area contributed by atoms with E-state index < -0.39 is 53.7 Å². The van der Waals surface area contributed by atoms with Crippen LogP contribution in [0.3, 0.4) is 0 Å². The minimum absolute atomic E-state index is 0.0120. The van der Waals surface area contributed by atoms with Crippen LogP contribution in [0.4, 0.5) is 4.79 Å². The van der Waals surface area contributed by atoms with E-state index in [4.69, 9.17) is 17.3 Å². The molecule has 4 heterocycles. The van der Waals surface area contributed by atoms with Crippen molar-refractivity contribution >= 4 is 76.2 Å². The summed E-state index contributed by atoms with van der Waals surface area (Å²) in [6.45, 7) is -0.437. The number of hydrogen-bond acceptors (Lipinski definition) is 10. The lowest BCUT2D eigenvalue weighted by atomic mass is 10.0. The van der Waals surface area contributed by atoms with Gasteiger partial charge in [-0.1, -0.05) is 17.7 Å². The largest absolute Gasteiger partial charge is 0.593 e. The summed E-state index contributed by atoms with van der Waals surface area (Å²) in [5.74, 6) is -3.06. The number of β-lactam (4-membered cyclic amide) rings is 1. The molecule has 6 N–H and O–H groups in total. The molecule has 5 amide bonds. The third-order valence-electron chi connectivity index (χ3n) is 5.47. The highest BCUT2D eigenvalue weighted by atomic mass is 35.5. The zero-order chi connectivity index (χ0) is 28.3. The predicted octanol–water partition coefficient (Wildman–Crippen LogP) is -0.214. The maximum atomic E-state index is 13.1. The second-order valence-corrected chi connectivity index (χ2v) is 11.5. The summed E-state index contributed by atoms with van der Waals surface area (Å²) in [5, 5.41) is 33.9. The molecule has 0 spiro atoms. The van der Waals surface area contributed by atoms with Crippen LogP contribution in [0, 0.1) is 5.21 Å². The van der Waals surface area contributed by atoms with Gasteiger partial charge in [-0.15, -0.1) is 23.1 Å². The zero-order valence-corrected chi connectivity index (χ0v) is 22.9. The molecule has 18 heteroatoms. The molecule has 14 nitrogen and oxygen atoms in total. The Bertz CT molecular complexity index is 1360. The second-order valence-electron chi connectivity index (χ2n) is 8.05. The van der Waals surface area contributed by atoms with Crippen molar-refractivity contribution in [3.05, 3.63) is 56.2 Å². The average Bonchev–Trinajstić information content (AvgIpc) is 3.42. The number of aliphatic carboxylic acids is 1. The fourth-order valence-corrected chi connectivity index (χ4v) is 7.00. The summed E-state index contributed by atoms with van der Waals surface area (Å²) in [7, 11) is 0. The molecule has 39 heavy (non-hydrogen) atoms. The highest BCUT2D eigenvalue weighted by Gasteiger charge is 2.54. The molecule has 0 radical (unpaired) electrons. The number of carboxylic acids is 1. The first kappa shape index (κ1) is 28.5. The summed E-state index contributed by atoms with van der Waals surface area (Å²) in [6.07, 6.45) is 0. The van der Waals surface area contributed by atoms with Gasteiger partial charge in [0.2, 0.25) is 11.8 Å². The van der Waals surface area contributed by atoms with E-state index in [1.54, 1.807) is 17.5 Å². The van der Waals surface area contributed by atoms with E-state index in [-0.39, 0.29) is 27.4 Å². The number of halogens is 1. The van der Waals surface area contributed by atoms with Gasteiger partial charge in [-0.25, -0.2) is 9.59 Å². The minimum atomic E-state index is -1.32. The molecule has 2 unspecified atom stereocenters. The van der Waals surface area contributed by atoms with Crippen molar-refractivity contribution in [3.8, 4) is 0 Å². The Morgan fingerprint density at radius 2 is 2.10 bits per heavy atom. The van der Waals surface area contributed by atoms with E-state index in [2.05, 4.69) is 21.0 Å². The highest BCUT2D eigenvalue weighted by molar-refractivity contribution is 8.01. The van der Waals surface area contributed by atoms with Crippen LogP contribution in [0.2, 0.25) is 5.15 Å². The van der Waals surface area contributed by atoms with E-state index in [0.717, 1.165) is 16.7 Å². The Morgan fingerprint density at radius 1 is 1.33 bits per heavy atom. The highest BCUT2D eigenvalue weighted by Crippen LogP contribution is 2.41. The number of aromatic nitrogens is 2. The maximum Gasteiger partial charge on any atom is 0.352 e. The Morgan fingerprint density at radius 3 is 2.74 bits per heavy atom. The third kappa shape index (κ3) is 6.38. The number of carboxylic acid groups (broad SMARTS) is 1. The third-order valence-corrected chi connectivity index (χ3v) is 9.03. The molecule has 2 aliphatic heterocycles. The minimum Gasteiger partial charge on any atom is -0.593 e. The van der Waals surface area contributed by atoms with Gasteiger partial charge in [0, 0.05) is 27.5 Å². The van der Waals surface area contributed by atoms with Crippen molar-refractivity contribution in [2.45, 2.75) is 22.5 Å². The summed E-state index contributed by atoms with van der Waals surface area (Å²) < 4.78 is 0. The van der Waals surface area contributed by atoms with Crippen LogP contribution < -0.4 is 26.5 Å². The molecule has 0 bridgehead atoms. The van der Waals surface area contributed by atoms with Gasteiger partial charge in [0.1, 0.15) is 23.2 Å². The van der Waals surface area contributed by atoms with Crippen LogP contribution in [0.15, 0.2) is 45.9 Å². The number of nitrogens with two attached hydrogens (primary N) is 1. The molecule has 206 valence electrons. The Labute approximate surface area is 237 Å². The standard InChI is InChI=1S/C21H20ClN7O7S3/c22-11-3-4-13(29(36)27-11)38-7-9-8-39-19-15(18(32)28(19)16(9)20(33)34)25-17(31)14(10-2-1-5-37-10)26-21(35)24-6-12(23)30/h1-5,14-15,19H,6-8H2,(H2,23,30)(H,25,31)(H,33,34)(H2,24,26,35)/t14?,15-,19?/m0/s1. The Kier molecular flexibility index (Phi) is 8.83. The number of thiophene rings is 1. The van der Waals surface area contributed by atoms with Gasteiger partial charge in [-0.05, 0) is 39.7 Å². The van der Waals surface area contributed by atoms with E-state index >= 15 is 0 Å². The van der Waals surface area contributed by atoms with E-state index in [9.17, 15) is 34.3 Å². The molecule has 2 aliphatic rings. The average molecular weight is 614 g/mol. The zero-order valence-electron chi connectivity index (χ0n) is 19.7. The number of nitrogens with zero attached hydrogens (tertiary/aromatic N) is 3. The number of primary amides is 1. The summed E-state index contributed by atoms with van der Waals surface area (Å²) in [5.41, 5.74) is 5.24. The van der Waals surface area contributed by atoms with Gasteiger partial charge in [-0.3, -0.25) is 19.3 Å². The normalized spacial score (nSPS) is 19.0. The van der Waals surface area contributed by atoms with Crippen LogP contribution in [0.25, 0.3) is 0 Å². The fourth-order valence-electron chi connectivity index (χ4n) is 3.74. The first-order valence-corrected chi connectivity index (χ1v) is 14.3. The molecule has 0 saturated carbocycles. The summed E-state index contributed by atoms with van der Waals surface area (Å²) >= 11 is 9.19. The van der Waals surface area contributed by atoms with Crippen LogP contribution in [-0.2, 0) is 19.2 Å². The fraction of sp³-hybridized carbons (Fsp3) is 0.286. The van der Waals surface area contributed by atoms with Crippen molar-refractivity contribution < 1.29 is 33.9 Å². The summed E-state index contributed by atoms with van der Waals surface area (Å²) in [6, 6.07) is 3.15. The van der Waals surface area contributed by atoms with Crippen molar-refractivity contribution in [1.82, 2.24) is 25.9 Å². The lowest BCUT2D eigenvalue weighted by Gasteiger charge is -2.49. The topological polar surface area (TPSA) is 211 Å². The van der Waals surface area contributed by atoms with Crippen molar-refractivity contribution in [1.29, 1.82) is 0 Å². The first-order valence-electron chi connectivity index (χ1n) is 11.0. The molecular weight excluding hydrogens is 594 g/mol. The number of carbonyl (C=O) groups is 5. The van der Waals surface area contributed by atoms with Gasteiger partial charge < -0.3 is 32.0 Å². The Hall–Kier alpha value is -3.54. The van der Waals surface area contributed by atoms with Crippen LogP contribution in [0.5, 0.6) is 0 Å². The number of amides is 5. The van der Waals surface area contributed by atoms with Crippen molar-refractivity contribution in [2.75, 3.05) is 18.1 Å². The van der Waals surface area contributed by atoms with E-state index in [1.807, 2.05) is 0 Å². The molecule has 0 aromatic carbocycles. The number of thioether (sulfide) groups is 2. The number of rotatable bonds is 10. The van der Waals surface area contributed by atoms with Crippen molar-refractivity contribution in [3.63, 3.8) is 0 Å². The maximum absolute atomic E-state index is 13.1. The lowest BCUT2D eigenvalue weighted by molar-refractivity contribution is -0.706. The number of nitrogens with one attached hydrogen (secondary N) is 3. The quantitative estimate of drug-likeness (QED) is 0.103. The Balaban J connectivity index is 1.46. The van der Waals surface area contributed by atoms with Crippen molar-refractivity contribution in [2.24, 2.45) is 5.73 Å². The van der Waals surface area contributed by atoms with E-state index in [1.165, 1.54) is 35.2 Å². The van der Waals surface area contributed by atoms with Crippen LogP contribution in [0.1, 0.15) is 10.9 Å². The SMILES string of the molecule is NC(=O)CNC(=O)NC(C(=O)N[C@H]1C(=O)N2C(C(=O)O)=C(CSc3ccc(Cl)n[n+]3[O-])CSC12)c1cccs1. The number of hydrogen-bond donors (Lipinski definition) is 5. The molecule has 4 rings (SSSR count). The van der Waals surface area contributed by atoms with E-state index in [0.29, 0.717) is 15.3 Å². The molecule has 3 atom stereocenters. The van der Waals surface area contributed by atoms with Crippen LogP contribution in [-0.4, -0.2) is 74.3 Å². The second kappa shape index (κ2) is 12.1. The molecule has 2 aromatic heterocycles. The predicted molar refractivity (Wildman–Crippen MR) is 141 cm³/mol. The number of fused-ring (bicyclic) bond motifs is 1. The lowest BCUT2D eigenvalue weighted by Crippen LogP contribution is -2.71. The molecular formula is C21H20ClN7O7S3. The molecule has 1 saturated heterocycles. The summed E-state index contributed by atoms with van der Waals surface area (Å²) in [4.78, 5) is 63.3. The molecule has 0 aliphatic carbocycles. The number of urea groups is 1. The van der Waals surface area contributed by atoms with Gasteiger partial charge in [0.05, 0.1) is 6.54 Å². The van der Waals surface area contributed by atoms with Gasteiger partial charge >= 0.3 is 12.0 Å². The van der Waals surface area contributed by atoms with Crippen LogP contribution >= 0.6 is 46.5 Å².